The Hall–Kier alpha value is -2.76. The molecular weight excluding hydrogens is 340 g/mol. The molecule has 0 aromatic heterocycles. The monoisotopic (exact) mass is 359 g/mol. The molecular formula is C20H19F2NO3. The summed E-state index contributed by atoms with van der Waals surface area (Å²) in [7, 11) is 0. The van der Waals surface area contributed by atoms with E-state index >= 15 is 0 Å². The van der Waals surface area contributed by atoms with Crippen LogP contribution in [0.25, 0.3) is 0 Å². The summed E-state index contributed by atoms with van der Waals surface area (Å²) >= 11 is 0. The Morgan fingerprint density at radius 1 is 1.12 bits per heavy atom. The van der Waals surface area contributed by atoms with Crippen molar-refractivity contribution in [3.05, 3.63) is 71.3 Å². The fourth-order valence-electron chi connectivity index (χ4n) is 3.18. The maximum Gasteiger partial charge on any atom is 0.326 e. The third-order valence-electron chi connectivity index (χ3n) is 4.78. The molecule has 1 aliphatic carbocycles. The van der Waals surface area contributed by atoms with E-state index in [1.165, 1.54) is 30.0 Å². The lowest BCUT2D eigenvalue weighted by atomic mass is 10.1. The first-order valence-electron chi connectivity index (χ1n) is 8.41. The molecule has 0 saturated heterocycles. The fourth-order valence-corrected chi connectivity index (χ4v) is 3.18. The van der Waals surface area contributed by atoms with Crippen molar-refractivity contribution >= 4 is 11.9 Å². The Kier molecular flexibility index (Phi) is 5.02. The lowest BCUT2D eigenvalue weighted by molar-refractivity contribution is -0.150. The first-order chi connectivity index (χ1) is 12.4. The van der Waals surface area contributed by atoms with Crippen LogP contribution in [0.1, 0.15) is 30.4 Å². The van der Waals surface area contributed by atoms with E-state index in [-0.39, 0.29) is 12.1 Å². The molecule has 3 rings (SSSR count). The van der Waals surface area contributed by atoms with Crippen LogP contribution >= 0.6 is 0 Å². The van der Waals surface area contributed by atoms with Crippen LogP contribution in [0.4, 0.5) is 8.78 Å². The zero-order valence-corrected chi connectivity index (χ0v) is 14.2. The van der Waals surface area contributed by atoms with E-state index in [2.05, 4.69) is 0 Å². The molecule has 0 spiro atoms. The second kappa shape index (κ2) is 7.23. The molecule has 3 atom stereocenters. The topological polar surface area (TPSA) is 57.6 Å². The van der Waals surface area contributed by atoms with Crippen molar-refractivity contribution in [3.8, 4) is 0 Å². The summed E-state index contributed by atoms with van der Waals surface area (Å²) in [5.41, 5.74) is 0.705. The number of nitrogens with zero attached hydrogens (tertiary/aromatic N) is 1. The number of carboxylic acid groups (broad SMARTS) is 1. The summed E-state index contributed by atoms with van der Waals surface area (Å²) in [6.07, 6.45) is 0.314. The quantitative estimate of drug-likeness (QED) is 0.858. The van der Waals surface area contributed by atoms with Crippen molar-refractivity contribution in [1.29, 1.82) is 0 Å². The maximum absolute atomic E-state index is 14.0. The number of carbonyl (C=O) groups is 2. The van der Waals surface area contributed by atoms with Gasteiger partial charge >= 0.3 is 5.97 Å². The number of hydrogen-bond donors (Lipinski definition) is 1. The van der Waals surface area contributed by atoms with E-state index in [1.54, 1.807) is 24.3 Å². The Morgan fingerprint density at radius 2 is 1.73 bits per heavy atom. The van der Waals surface area contributed by atoms with E-state index in [4.69, 9.17) is 0 Å². The van der Waals surface area contributed by atoms with E-state index < -0.39 is 41.4 Å². The molecule has 1 aliphatic rings. The fraction of sp³-hybridized carbons (Fsp3) is 0.300. The van der Waals surface area contributed by atoms with Crippen LogP contribution < -0.4 is 0 Å². The standard InChI is InChI=1S/C20H19F2NO3/c1-12(20(25)26)23(11-13-6-3-2-4-7-13)19(24)15-10-14(15)18-16(21)8-5-9-17(18)22/h2-9,12,14-15H,10-11H2,1H3,(H,25,26). The number of aliphatic carboxylic acids is 1. The molecule has 0 heterocycles. The molecule has 1 fully saturated rings. The van der Waals surface area contributed by atoms with Crippen LogP contribution in [-0.2, 0) is 16.1 Å². The summed E-state index contributed by atoms with van der Waals surface area (Å²) in [5, 5.41) is 9.34. The summed E-state index contributed by atoms with van der Waals surface area (Å²) in [6.45, 7) is 1.57. The highest BCUT2D eigenvalue weighted by Crippen LogP contribution is 2.50. The first kappa shape index (κ1) is 18.0. The van der Waals surface area contributed by atoms with E-state index in [0.29, 0.717) is 6.42 Å². The van der Waals surface area contributed by atoms with Gasteiger partial charge in [0.15, 0.2) is 0 Å². The predicted octanol–water partition coefficient (Wildman–Crippen LogP) is 3.57. The van der Waals surface area contributed by atoms with Gasteiger partial charge in [0, 0.05) is 23.9 Å². The van der Waals surface area contributed by atoms with Crippen molar-refractivity contribution in [3.63, 3.8) is 0 Å². The molecule has 6 heteroatoms. The minimum absolute atomic E-state index is 0.0894. The molecule has 0 radical (unpaired) electrons. The Morgan fingerprint density at radius 3 is 2.31 bits per heavy atom. The van der Waals surface area contributed by atoms with Gasteiger partial charge in [0.05, 0.1) is 0 Å². The maximum atomic E-state index is 14.0. The largest absolute Gasteiger partial charge is 0.480 e. The number of rotatable bonds is 6. The van der Waals surface area contributed by atoms with Crippen molar-refractivity contribution < 1.29 is 23.5 Å². The second-order valence-corrected chi connectivity index (χ2v) is 6.55. The summed E-state index contributed by atoms with van der Waals surface area (Å²) in [4.78, 5) is 25.6. The molecule has 2 aromatic rings. The van der Waals surface area contributed by atoms with E-state index in [9.17, 15) is 23.5 Å². The molecule has 1 amide bonds. The third kappa shape index (κ3) is 3.59. The molecule has 0 aliphatic heterocycles. The van der Waals surface area contributed by atoms with Gasteiger partial charge < -0.3 is 10.0 Å². The molecule has 4 nitrogen and oxygen atoms in total. The first-order valence-corrected chi connectivity index (χ1v) is 8.41. The van der Waals surface area contributed by atoms with Gasteiger partial charge in [-0.1, -0.05) is 36.4 Å². The molecule has 26 heavy (non-hydrogen) atoms. The number of amides is 1. The number of hydrogen-bond acceptors (Lipinski definition) is 2. The number of benzene rings is 2. The normalized spacial score (nSPS) is 19.7. The molecule has 0 bridgehead atoms. The van der Waals surface area contributed by atoms with Crippen LogP contribution in [0.5, 0.6) is 0 Å². The summed E-state index contributed by atoms with van der Waals surface area (Å²) in [6, 6.07) is 11.6. The highest BCUT2D eigenvalue weighted by Gasteiger charge is 2.49. The number of carboxylic acids is 1. The second-order valence-electron chi connectivity index (χ2n) is 6.55. The van der Waals surface area contributed by atoms with Crippen LogP contribution in [0.15, 0.2) is 48.5 Å². The van der Waals surface area contributed by atoms with Gasteiger partial charge in [-0.2, -0.15) is 0 Å². The van der Waals surface area contributed by atoms with E-state index in [1.807, 2.05) is 6.07 Å². The number of carbonyl (C=O) groups excluding carboxylic acids is 1. The zero-order valence-electron chi connectivity index (χ0n) is 14.2. The number of halogens is 2. The van der Waals surface area contributed by atoms with Crippen molar-refractivity contribution in [2.24, 2.45) is 5.92 Å². The smallest absolute Gasteiger partial charge is 0.326 e. The molecule has 3 unspecified atom stereocenters. The highest BCUT2D eigenvalue weighted by molar-refractivity contribution is 5.87. The molecule has 2 aromatic carbocycles. The lowest BCUT2D eigenvalue weighted by Gasteiger charge is -2.27. The molecule has 1 N–H and O–H groups in total. The van der Waals surface area contributed by atoms with Gasteiger partial charge in [-0.25, -0.2) is 13.6 Å². The van der Waals surface area contributed by atoms with Gasteiger partial charge in [0.1, 0.15) is 17.7 Å². The van der Waals surface area contributed by atoms with Gasteiger partial charge in [-0.3, -0.25) is 4.79 Å². The Bertz CT molecular complexity index is 805. The third-order valence-corrected chi connectivity index (χ3v) is 4.78. The highest BCUT2D eigenvalue weighted by atomic mass is 19.1. The average molecular weight is 359 g/mol. The summed E-state index contributed by atoms with van der Waals surface area (Å²) in [5.74, 6) is -4.02. The van der Waals surface area contributed by atoms with Crippen molar-refractivity contribution in [2.75, 3.05) is 0 Å². The van der Waals surface area contributed by atoms with Crippen molar-refractivity contribution in [1.82, 2.24) is 4.90 Å². The SMILES string of the molecule is CC(C(=O)O)N(Cc1ccccc1)C(=O)C1CC1c1c(F)cccc1F. The van der Waals surface area contributed by atoms with Crippen LogP contribution in [0.2, 0.25) is 0 Å². The minimum Gasteiger partial charge on any atom is -0.480 e. The van der Waals surface area contributed by atoms with Crippen LogP contribution in [0.3, 0.4) is 0 Å². The van der Waals surface area contributed by atoms with Gasteiger partial charge in [0.2, 0.25) is 5.91 Å². The molecule has 1 saturated carbocycles. The van der Waals surface area contributed by atoms with Gasteiger partial charge in [-0.05, 0) is 31.0 Å². The predicted molar refractivity (Wildman–Crippen MR) is 91.3 cm³/mol. The van der Waals surface area contributed by atoms with E-state index in [0.717, 1.165) is 5.56 Å². The van der Waals surface area contributed by atoms with Gasteiger partial charge in [0.25, 0.3) is 0 Å². The lowest BCUT2D eigenvalue weighted by Crippen LogP contribution is -2.43. The van der Waals surface area contributed by atoms with Crippen molar-refractivity contribution in [2.45, 2.75) is 31.8 Å². The van der Waals surface area contributed by atoms with Crippen LogP contribution in [-0.4, -0.2) is 27.9 Å². The Balaban J connectivity index is 1.81. The average Bonchev–Trinajstić information content (AvgIpc) is 3.39. The minimum atomic E-state index is -1.12. The Labute approximate surface area is 150 Å². The van der Waals surface area contributed by atoms with Gasteiger partial charge in [-0.15, -0.1) is 0 Å². The zero-order chi connectivity index (χ0) is 18.8. The van der Waals surface area contributed by atoms with Crippen LogP contribution in [0, 0.1) is 17.6 Å². The summed E-state index contributed by atoms with van der Waals surface area (Å²) < 4.78 is 27.9. The molecule has 136 valence electrons.